The Kier molecular flexibility index (Phi) is 7.07. The fourth-order valence-electron chi connectivity index (χ4n) is 3.99. The maximum Gasteiger partial charge on any atom is 0.303 e. The van der Waals surface area contributed by atoms with E-state index in [4.69, 9.17) is 19.4 Å². The molecular weight excluding hydrogens is 468 g/mol. The Balaban J connectivity index is 1.25. The molecule has 0 aliphatic rings. The van der Waals surface area contributed by atoms with Gasteiger partial charge in [-0.1, -0.05) is 54.6 Å². The highest BCUT2D eigenvalue weighted by Crippen LogP contribution is 2.24. The Morgan fingerprint density at radius 2 is 1.73 bits per heavy atom. The van der Waals surface area contributed by atoms with Gasteiger partial charge in [-0.15, -0.1) is 0 Å². The fourth-order valence-corrected chi connectivity index (χ4v) is 3.99. The van der Waals surface area contributed by atoms with Crippen LogP contribution in [0.15, 0.2) is 89.6 Å². The summed E-state index contributed by atoms with van der Waals surface area (Å²) in [5.41, 5.74) is 5.25. The lowest BCUT2D eigenvalue weighted by molar-refractivity contribution is -0.136. The molecule has 8 nitrogen and oxygen atoms in total. The summed E-state index contributed by atoms with van der Waals surface area (Å²) in [6.45, 7) is 2.62. The molecule has 0 unspecified atom stereocenters. The van der Waals surface area contributed by atoms with Gasteiger partial charge in [0.1, 0.15) is 18.1 Å². The van der Waals surface area contributed by atoms with Gasteiger partial charge in [0.2, 0.25) is 11.8 Å². The molecule has 0 saturated carbocycles. The van der Waals surface area contributed by atoms with Crippen molar-refractivity contribution in [1.82, 2.24) is 19.7 Å². The van der Waals surface area contributed by atoms with Gasteiger partial charge in [-0.05, 0) is 36.6 Å². The summed E-state index contributed by atoms with van der Waals surface area (Å²) in [7, 11) is 0. The van der Waals surface area contributed by atoms with Gasteiger partial charge in [0.25, 0.3) is 0 Å². The van der Waals surface area contributed by atoms with Crippen molar-refractivity contribution in [2.75, 3.05) is 0 Å². The molecule has 5 rings (SSSR count). The first-order valence-corrected chi connectivity index (χ1v) is 12.0. The Morgan fingerprint density at radius 1 is 1.00 bits per heavy atom. The Hall–Kier alpha value is -4.72. The van der Waals surface area contributed by atoms with E-state index in [0.29, 0.717) is 30.5 Å². The minimum atomic E-state index is -0.830. The van der Waals surface area contributed by atoms with Crippen LogP contribution in [0.3, 0.4) is 0 Å². The van der Waals surface area contributed by atoms with Gasteiger partial charge in [0.05, 0.1) is 12.2 Å². The van der Waals surface area contributed by atoms with E-state index < -0.39 is 5.97 Å². The van der Waals surface area contributed by atoms with E-state index in [1.54, 1.807) is 6.20 Å². The summed E-state index contributed by atoms with van der Waals surface area (Å²) in [6, 6.07) is 23.3. The zero-order chi connectivity index (χ0) is 25.6. The lowest BCUT2D eigenvalue weighted by Crippen LogP contribution is -2.03. The number of oxazole rings is 1. The molecule has 0 atom stereocenters. The van der Waals surface area contributed by atoms with Gasteiger partial charge in [0, 0.05) is 36.0 Å². The second-order valence-corrected chi connectivity index (χ2v) is 8.64. The van der Waals surface area contributed by atoms with Crippen molar-refractivity contribution < 1.29 is 19.1 Å². The van der Waals surface area contributed by atoms with Gasteiger partial charge in [-0.2, -0.15) is 5.10 Å². The van der Waals surface area contributed by atoms with E-state index in [1.165, 1.54) is 0 Å². The molecule has 0 fully saturated rings. The van der Waals surface area contributed by atoms with Crippen molar-refractivity contribution in [3.8, 4) is 28.6 Å². The fraction of sp³-hybridized carbons (Fsp3) is 0.172. The van der Waals surface area contributed by atoms with Crippen LogP contribution in [0.5, 0.6) is 5.88 Å². The molecule has 1 N–H and O–H groups in total. The quantitative estimate of drug-likeness (QED) is 0.271. The minimum Gasteiger partial charge on any atom is -0.481 e. The molecule has 0 bridgehead atoms. The second kappa shape index (κ2) is 10.9. The number of aromatic nitrogens is 4. The van der Waals surface area contributed by atoms with Crippen LogP contribution in [-0.4, -0.2) is 30.8 Å². The average molecular weight is 495 g/mol. The summed E-state index contributed by atoms with van der Waals surface area (Å²) < 4.78 is 13.5. The second-order valence-electron chi connectivity index (χ2n) is 8.64. The number of pyridine rings is 1. The van der Waals surface area contributed by atoms with E-state index >= 15 is 0 Å². The van der Waals surface area contributed by atoms with Gasteiger partial charge < -0.3 is 14.3 Å². The number of aliphatic carboxylic acids is 1. The molecule has 5 aromatic rings. The maximum absolute atomic E-state index is 11.1. The van der Waals surface area contributed by atoms with Crippen molar-refractivity contribution >= 4 is 5.97 Å². The lowest BCUT2D eigenvalue weighted by Gasteiger charge is -2.05. The number of benzene rings is 2. The molecule has 0 aliphatic carbocycles. The van der Waals surface area contributed by atoms with E-state index in [2.05, 4.69) is 9.97 Å². The summed E-state index contributed by atoms with van der Waals surface area (Å²) in [5.74, 6) is 0.933. The van der Waals surface area contributed by atoms with Crippen molar-refractivity contribution in [1.29, 1.82) is 0 Å². The third kappa shape index (κ3) is 5.92. The summed E-state index contributed by atoms with van der Waals surface area (Å²) in [4.78, 5) is 20.1. The van der Waals surface area contributed by atoms with Crippen LogP contribution >= 0.6 is 0 Å². The number of carboxylic acid groups (broad SMARTS) is 1. The molecule has 0 amide bonds. The largest absolute Gasteiger partial charge is 0.481 e. The molecule has 0 radical (unpaired) electrons. The maximum atomic E-state index is 11.1. The van der Waals surface area contributed by atoms with Crippen LogP contribution in [0.1, 0.15) is 29.0 Å². The molecule has 3 aromatic heterocycles. The van der Waals surface area contributed by atoms with E-state index in [1.807, 2.05) is 90.6 Å². The van der Waals surface area contributed by atoms with E-state index in [-0.39, 0.29) is 13.0 Å². The van der Waals surface area contributed by atoms with Crippen molar-refractivity contribution in [2.45, 2.75) is 32.9 Å². The third-order valence-corrected chi connectivity index (χ3v) is 5.91. The predicted octanol–water partition coefficient (Wildman–Crippen LogP) is 5.55. The number of carbonyl (C=O) groups is 1. The van der Waals surface area contributed by atoms with Crippen molar-refractivity contribution in [3.63, 3.8) is 0 Å². The van der Waals surface area contributed by atoms with Crippen LogP contribution in [0.2, 0.25) is 0 Å². The molecule has 8 heteroatoms. The zero-order valence-electron chi connectivity index (χ0n) is 20.4. The first-order chi connectivity index (χ1) is 18.0. The van der Waals surface area contributed by atoms with Gasteiger partial charge in [0.15, 0.2) is 0 Å². The van der Waals surface area contributed by atoms with Gasteiger partial charge in [-0.3, -0.25) is 9.48 Å². The molecule has 0 saturated heterocycles. The van der Waals surface area contributed by atoms with Crippen LogP contribution < -0.4 is 4.74 Å². The molecular formula is C29H26N4O4. The number of rotatable bonds is 10. The van der Waals surface area contributed by atoms with Crippen LogP contribution in [0.25, 0.3) is 22.7 Å². The normalized spacial score (nSPS) is 10.9. The summed E-state index contributed by atoms with van der Waals surface area (Å²) in [5, 5.41) is 13.9. The monoisotopic (exact) mass is 494 g/mol. The zero-order valence-corrected chi connectivity index (χ0v) is 20.4. The summed E-state index contributed by atoms with van der Waals surface area (Å²) in [6.07, 6.45) is 4.13. The van der Waals surface area contributed by atoms with Crippen molar-refractivity contribution in [2.24, 2.45) is 0 Å². The Morgan fingerprint density at radius 3 is 2.41 bits per heavy atom. The minimum absolute atomic E-state index is 0.0525. The summed E-state index contributed by atoms with van der Waals surface area (Å²) >= 11 is 0. The smallest absolute Gasteiger partial charge is 0.303 e. The number of nitrogens with zero attached hydrogens (tertiary/aromatic N) is 4. The molecule has 0 aliphatic heterocycles. The highest BCUT2D eigenvalue weighted by atomic mass is 16.5. The SMILES string of the molecule is Cc1oc(-c2ccccc2)nc1COc1ccc(Cn2cc(CCC(=O)O)c(-c3ccccc3)n2)cn1. The first kappa shape index (κ1) is 24.0. The van der Waals surface area contributed by atoms with Crippen LogP contribution in [0.4, 0.5) is 0 Å². The Labute approximate surface area is 214 Å². The predicted molar refractivity (Wildman–Crippen MR) is 138 cm³/mol. The number of carboxylic acids is 1. The molecule has 37 heavy (non-hydrogen) atoms. The van der Waals surface area contributed by atoms with E-state index in [9.17, 15) is 4.79 Å². The van der Waals surface area contributed by atoms with Crippen molar-refractivity contribution in [3.05, 3.63) is 108 Å². The molecule has 186 valence electrons. The lowest BCUT2D eigenvalue weighted by atomic mass is 10.0. The number of hydrogen-bond donors (Lipinski definition) is 1. The molecule has 3 heterocycles. The van der Waals surface area contributed by atoms with Gasteiger partial charge in [-0.25, -0.2) is 9.97 Å². The van der Waals surface area contributed by atoms with Crippen LogP contribution in [0, 0.1) is 6.92 Å². The number of ether oxygens (including phenoxy) is 1. The number of aryl methyl sites for hydroxylation is 2. The van der Waals surface area contributed by atoms with E-state index in [0.717, 1.165) is 33.6 Å². The first-order valence-electron chi connectivity index (χ1n) is 12.0. The molecule has 0 spiro atoms. The average Bonchev–Trinajstić information content (AvgIpc) is 3.51. The van der Waals surface area contributed by atoms with Crippen LogP contribution in [-0.2, 0) is 24.4 Å². The highest BCUT2D eigenvalue weighted by Gasteiger charge is 2.14. The topological polar surface area (TPSA) is 103 Å². The highest BCUT2D eigenvalue weighted by molar-refractivity contribution is 5.68. The Bertz CT molecular complexity index is 1480. The van der Waals surface area contributed by atoms with Gasteiger partial charge >= 0.3 is 5.97 Å². The number of hydrogen-bond acceptors (Lipinski definition) is 6. The third-order valence-electron chi connectivity index (χ3n) is 5.91. The standard InChI is InChI=1S/C29H26N4O4/c1-20-25(31-29(37-20)23-10-6-3-7-11-23)19-36-26-14-12-21(16-30-26)17-33-18-24(13-15-27(34)35)28(32-33)22-8-4-2-5-9-22/h2-12,14,16,18H,13,15,17,19H2,1H3,(H,34,35). The molecule has 2 aromatic carbocycles.